The molecule has 2 aromatic carbocycles. The Morgan fingerprint density at radius 2 is 1.96 bits per heavy atom. The number of para-hydroxylation sites is 1. The van der Waals surface area contributed by atoms with Crippen LogP contribution in [-0.4, -0.2) is 13.7 Å². The van der Waals surface area contributed by atoms with E-state index in [9.17, 15) is 4.79 Å². The van der Waals surface area contributed by atoms with Gasteiger partial charge in [-0.15, -0.1) is 0 Å². The summed E-state index contributed by atoms with van der Waals surface area (Å²) in [5.41, 5.74) is 2.33. The third kappa shape index (κ3) is 2.43. The maximum Gasteiger partial charge on any atom is 0.196 e. The summed E-state index contributed by atoms with van der Waals surface area (Å²) >= 11 is 6.20. The summed E-state index contributed by atoms with van der Waals surface area (Å²) in [5.74, 6) is 1.52. The lowest BCUT2D eigenvalue weighted by atomic mass is 10.0. The third-order valence-corrected chi connectivity index (χ3v) is 4.75. The molecule has 0 atom stereocenters. The number of hydrogen-bond donors (Lipinski definition) is 0. The van der Waals surface area contributed by atoms with E-state index in [-0.39, 0.29) is 5.43 Å². The van der Waals surface area contributed by atoms with Crippen LogP contribution in [0.1, 0.15) is 11.3 Å². The van der Waals surface area contributed by atoms with E-state index in [4.69, 9.17) is 20.8 Å². The molecule has 0 aliphatic carbocycles. The number of methoxy groups -OCH3 is 1. The summed E-state index contributed by atoms with van der Waals surface area (Å²) in [4.78, 5) is 14.9. The fourth-order valence-electron chi connectivity index (χ4n) is 3.16. The van der Waals surface area contributed by atoms with Crippen molar-refractivity contribution in [2.45, 2.75) is 13.0 Å². The van der Waals surface area contributed by atoms with Crippen LogP contribution < -0.4 is 15.1 Å². The van der Waals surface area contributed by atoms with Crippen molar-refractivity contribution in [2.75, 3.05) is 18.6 Å². The van der Waals surface area contributed by atoms with Crippen LogP contribution in [0.2, 0.25) is 5.02 Å². The molecule has 0 N–H and O–H groups in total. The van der Waals surface area contributed by atoms with Crippen LogP contribution in [0.25, 0.3) is 11.0 Å². The molecule has 0 radical (unpaired) electrons. The smallest absolute Gasteiger partial charge is 0.196 e. The lowest BCUT2D eigenvalue weighted by Gasteiger charge is -2.29. The SMILES string of the molecule is COc1ccc(N2CCc3c(oc4c(Cl)cccc4c3=O)C2)cc1. The van der Waals surface area contributed by atoms with E-state index >= 15 is 0 Å². The summed E-state index contributed by atoms with van der Waals surface area (Å²) in [5, 5.41) is 1.02. The first-order valence-corrected chi connectivity index (χ1v) is 8.17. The molecule has 1 aliphatic rings. The summed E-state index contributed by atoms with van der Waals surface area (Å²) in [7, 11) is 1.65. The highest BCUT2D eigenvalue weighted by Crippen LogP contribution is 2.29. The molecular formula is C19H16ClNO3. The monoisotopic (exact) mass is 341 g/mol. The van der Waals surface area contributed by atoms with Crippen molar-refractivity contribution >= 4 is 28.3 Å². The van der Waals surface area contributed by atoms with E-state index in [1.807, 2.05) is 24.3 Å². The number of halogens is 1. The Labute approximate surface area is 144 Å². The average Bonchev–Trinajstić information content (AvgIpc) is 2.62. The summed E-state index contributed by atoms with van der Waals surface area (Å²) < 4.78 is 11.2. The molecule has 0 saturated carbocycles. The number of nitrogens with zero attached hydrogens (tertiary/aromatic N) is 1. The van der Waals surface area contributed by atoms with Crippen LogP contribution >= 0.6 is 11.6 Å². The van der Waals surface area contributed by atoms with Crippen molar-refractivity contribution in [3.8, 4) is 5.75 Å². The van der Waals surface area contributed by atoms with Gasteiger partial charge in [0.05, 0.1) is 24.1 Å². The number of hydrogen-bond acceptors (Lipinski definition) is 4. The third-order valence-electron chi connectivity index (χ3n) is 4.45. The lowest BCUT2D eigenvalue weighted by Crippen LogP contribution is -2.33. The first-order valence-electron chi connectivity index (χ1n) is 7.79. The van der Waals surface area contributed by atoms with Gasteiger partial charge in [0, 0.05) is 17.8 Å². The highest BCUT2D eigenvalue weighted by Gasteiger charge is 2.23. The van der Waals surface area contributed by atoms with Crippen molar-refractivity contribution in [2.24, 2.45) is 0 Å². The number of anilines is 1. The van der Waals surface area contributed by atoms with Crippen LogP contribution in [0, 0.1) is 0 Å². The van der Waals surface area contributed by atoms with Crippen LogP contribution in [0.5, 0.6) is 5.75 Å². The van der Waals surface area contributed by atoms with E-state index in [1.165, 1.54) is 0 Å². The van der Waals surface area contributed by atoms with E-state index < -0.39 is 0 Å². The fourth-order valence-corrected chi connectivity index (χ4v) is 3.37. The van der Waals surface area contributed by atoms with E-state index in [0.29, 0.717) is 34.7 Å². The molecule has 2 heterocycles. The van der Waals surface area contributed by atoms with Crippen molar-refractivity contribution in [3.05, 3.63) is 69.0 Å². The van der Waals surface area contributed by atoms with Gasteiger partial charge in [-0.3, -0.25) is 4.79 Å². The Morgan fingerprint density at radius 3 is 2.71 bits per heavy atom. The van der Waals surface area contributed by atoms with Gasteiger partial charge in [0.1, 0.15) is 11.5 Å². The molecule has 1 aliphatic heterocycles. The Morgan fingerprint density at radius 1 is 1.17 bits per heavy atom. The van der Waals surface area contributed by atoms with Crippen molar-refractivity contribution in [3.63, 3.8) is 0 Å². The van der Waals surface area contributed by atoms with Crippen LogP contribution in [0.15, 0.2) is 51.7 Å². The second-order valence-electron chi connectivity index (χ2n) is 5.82. The molecule has 0 saturated heterocycles. The quantitative estimate of drug-likeness (QED) is 0.706. The first-order chi connectivity index (χ1) is 11.7. The van der Waals surface area contributed by atoms with Gasteiger partial charge in [0.2, 0.25) is 0 Å². The Kier molecular flexibility index (Phi) is 3.69. The Bertz CT molecular complexity index is 963. The molecule has 4 rings (SSSR count). The van der Waals surface area contributed by atoms with Gasteiger partial charge in [-0.25, -0.2) is 0 Å². The zero-order chi connectivity index (χ0) is 16.7. The summed E-state index contributed by atoms with van der Waals surface area (Å²) in [6.07, 6.45) is 0.659. The lowest BCUT2D eigenvalue weighted by molar-refractivity contribution is 0.414. The molecule has 0 unspecified atom stereocenters. The maximum atomic E-state index is 12.7. The van der Waals surface area contributed by atoms with Gasteiger partial charge in [-0.05, 0) is 42.8 Å². The minimum atomic E-state index is 0.0307. The normalized spacial score (nSPS) is 13.8. The van der Waals surface area contributed by atoms with Gasteiger partial charge >= 0.3 is 0 Å². The molecule has 24 heavy (non-hydrogen) atoms. The van der Waals surface area contributed by atoms with Gasteiger partial charge in [0.25, 0.3) is 0 Å². The predicted octanol–water partition coefficient (Wildman–Crippen LogP) is 4.02. The molecule has 5 heteroatoms. The largest absolute Gasteiger partial charge is 0.497 e. The second kappa shape index (κ2) is 5.87. The van der Waals surface area contributed by atoms with E-state index in [2.05, 4.69) is 4.90 Å². The zero-order valence-electron chi connectivity index (χ0n) is 13.2. The Balaban J connectivity index is 1.75. The van der Waals surface area contributed by atoms with E-state index in [1.54, 1.807) is 25.3 Å². The molecule has 0 amide bonds. The van der Waals surface area contributed by atoms with Crippen molar-refractivity contribution in [1.82, 2.24) is 0 Å². The van der Waals surface area contributed by atoms with Crippen molar-refractivity contribution in [1.29, 1.82) is 0 Å². The number of benzene rings is 2. The summed E-state index contributed by atoms with van der Waals surface area (Å²) in [6.45, 7) is 1.33. The number of ether oxygens (including phenoxy) is 1. The second-order valence-corrected chi connectivity index (χ2v) is 6.23. The molecule has 0 bridgehead atoms. The topological polar surface area (TPSA) is 42.7 Å². The van der Waals surface area contributed by atoms with Gasteiger partial charge in [0.15, 0.2) is 11.0 Å². The maximum absolute atomic E-state index is 12.7. The summed E-state index contributed by atoms with van der Waals surface area (Å²) in [6, 6.07) is 13.2. The van der Waals surface area contributed by atoms with Gasteiger partial charge in [-0.2, -0.15) is 0 Å². The zero-order valence-corrected chi connectivity index (χ0v) is 14.0. The average molecular weight is 342 g/mol. The number of fused-ring (bicyclic) bond motifs is 2. The minimum absolute atomic E-state index is 0.0307. The molecule has 0 fully saturated rings. The van der Waals surface area contributed by atoms with Crippen LogP contribution in [0.4, 0.5) is 5.69 Å². The fraction of sp³-hybridized carbons (Fsp3) is 0.211. The molecule has 0 spiro atoms. The van der Waals surface area contributed by atoms with Crippen molar-refractivity contribution < 1.29 is 9.15 Å². The van der Waals surface area contributed by atoms with Crippen LogP contribution in [0.3, 0.4) is 0 Å². The first kappa shape index (κ1) is 15.1. The standard InChI is InChI=1S/C19H16ClNO3/c1-23-13-7-5-12(6-8-13)21-10-9-14-17(11-21)24-19-15(18(14)22)3-2-4-16(19)20/h2-8H,9-11H2,1H3. The molecule has 1 aromatic heterocycles. The van der Waals surface area contributed by atoms with E-state index in [0.717, 1.165) is 23.5 Å². The highest BCUT2D eigenvalue weighted by atomic mass is 35.5. The molecule has 4 nitrogen and oxygen atoms in total. The molecular weight excluding hydrogens is 326 g/mol. The number of rotatable bonds is 2. The minimum Gasteiger partial charge on any atom is -0.497 e. The van der Waals surface area contributed by atoms with Gasteiger partial charge in [-0.1, -0.05) is 17.7 Å². The predicted molar refractivity (Wildman–Crippen MR) is 95.2 cm³/mol. The highest BCUT2D eigenvalue weighted by molar-refractivity contribution is 6.34. The molecule has 122 valence electrons. The molecule has 3 aromatic rings. The van der Waals surface area contributed by atoms with Gasteiger partial charge < -0.3 is 14.1 Å². The van der Waals surface area contributed by atoms with Crippen LogP contribution in [-0.2, 0) is 13.0 Å². The Hall–Kier alpha value is -2.46.